The number of hydrogen-bond donors (Lipinski definition) is 2. The van der Waals surface area contributed by atoms with Crippen molar-refractivity contribution >= 4 is 22.8 Å². The number of carboxylic acids is 1. The van der Waals surface area contributed by atoms with Gasteiger partial charge in [-0.25, -0.2) is 0 Å². The Hall–Kier alpha value is -2.30. The van der Waals surface area contributed by atoms with Crippen molar-refractivity contribution < 1.29 is 14.7 Å². The van der Waals surface area contributed by atoms with Crippen LogP contribution in [0, 0.1) is 0 Å². The number of hydrogen-bond acceptors (Lipinski definition) is 2. The number of rotatable bonds is 3. The largest absolute Gasteiger partial charge is 0.480 e. The molecule has 2 aromatic rings. The standard InChI is InChI=1S/C15H18N2O3/c1-15(2,3)17(9-13(18)19)14(20)11-5-4-6-12-10(11)7-8-16-12/h4-8,16H,9H2,1-3H3,(H,18,19). The van der Waals surface area contributed by atoms with E-state index in [0.717, 1.165) is 10.9 Å². The molecule has 2 rings (SSSR count). The minimum Gasteiger partial charge on any atom is -0.480 e. The van der Waals surface area contributed by atoms with Crippen molar-refractivity contribution in [2.75, 3.05) is 6.54 Å². The number of nitrogens with zero attached hydrogens (tertiary/aromatic N) is 1. The molecular formula is C15H18N2O3. The summed E-state index contributed by atoms with van der Waals surface area (Å²) in [6.07, 6.45) is 1.76. The monoisotopic (exact) mass is 274 g/mol. The van der Waals surface area contributed by atoms with Crippen LogP contribution in [0.2, 0.25) is 0 Å². The third-order valence-corrected chi connectivity index (χ3v) is 3.17. The molecule has 0 atom stereocenters. The molecule has 5 nitrogen and oxygen atoms in total. The van der Waals surface area contributed by atoms with E-state index in [4.69, 9.17) is 5.11 Å². The Labute approximate surface area is 117 Å². The number of carbonyl (C=O) groups is 2. The van der Waals surface area contributed by atoms with Crippen molar-refractivity contribution in [1.29, 1.82) is 0 Å². The van der Waals surface area contributed by atoms with Crippen molar-refractivity contribution in [2.45, 2.75) is 26.3 Å². The van der Waals surface area contributed by atoms with E-state index < -0.39 is 11.5 Å². The molecular weight excluding hydrogens is 256 g/mol. The van der Waals surface area contributed by atoms with Gasteiger partial charge in [-0.2, -0.15) is 0 Å². The van der Waals surface area contributed by atoms with Crippen LogP contribution in [0.3, 0.4) is 0 Å². The lowest BCUT2D eigenvalue weighted by Gasteiger charge is -2.34. The van der Waals surface area contributed by atoms with Gasteiger partial charge in [-0.05, 0) is 39.0 Å². The van der Waals surface area contributed by atoms with Crippen LogP contribution >= 0.6 is 0 Å². The second-order valence-electron chi connectivity index (χ2n) is 5.70. The van der Waals surface area contributed by atoms with Gasteiger partial charge in [-0.15, -0.1) is 0 Å². The Morgan fingerprint density at radius 3 is 2.55 bits per heavy atom. The van der Waals surface area contributed by atoms with Crippen LogP contribution in [0.5, 0.6) is 0 Å². The van der Waals surface area contributed by atoms with Crippen molar-refractivity contribution in [2.24, 2.45) is 0 Å². The Morgan fingerprint density at radius 1 is 1.25 bits per heavy atom. The molecule has 0 fully saturated rings. The maximum absolute atomic E-state index is 12.7. The van der Waals surface area contributed by atoms with Crippen LogP contribution in [-0.4, -0.2) is 39.0 Å². The molecule has 20 heavy (non-hydrogen) atoms. The van der Waals surface area contributed by atoms with Gasteiger partial charge in [-0.3, -0.25) is 9.59 Å². The lowest BCUT2D eigenvalue weighted by molar-refractivity contribution is -0.138. The highest BCUT2D eigenvalue weighted by atomic mass is 16.4. The highest BCUT2D eigenvalue weighted by Gasteiger charge is 2.30. The summed E-state index contributed by atoms with van der Waals surface area (Å²) >= 11 is 0. The molecule has 1 aromatic carbocycles. The summed E-state index contributed by atoms with van der Waals surface area (Å²) in [6.45, 7) is 5.16. The van der Waals surface area contributed by atoms with E-state index >= 15 is 0 Å². The summed E-state index contributed by atoms with van der Waals surface area (Å²) in [5.74, 6) is -1.29. The van der Waals surface area contributed by atoms with Gasteiger partial charge in [-0.1, -0.05) is 6.07 Å². The number of nitrogens with one attached hydrogen (secondary N) is 1. The molecule has 1 heterocycles. The third kappa shape index (κ3) is 2.66. The Kier molecular flexibility index (Phi) is 3.53. The van der Waals surface area contributed by atoms with Crippen LogP contribution in [0.15, 0.2) is 30.5 Å². The first-order valence-corrected chi connectivity index (χ1v) is 6.40. The van der Waals surface area contributed by atoms with Gasteiger partial charge >= 0.3 is 5.97 Å². The summed E-state index contributed by atoms with van der Waals surface area (Å²) in [6, 6.07) is 7.21. The van der Waals surface area contributed by atoms with Gasteiger partial charge < -0.3 is 15.0 Å². The van der Waals surface area contributed by atoms with Crippen LogP contribution in [0.4, 0.5) is 0 Å². The molecule has 0 aliphatic rings. The number of carboxylic acid groups (broad SMARTS) is 1. The topological polar surface area (TPSA) is 73.4 Å². The molecule has 1 amide bonds. The molecule has 106 valence electrons. The zero-order chi connectivity index (χ0) is 14.9. The number of carbonyl (C=O) groups excluding carboxylic acids is 1. The normalized spacial score (nSPS) is 11.6. The zero-order valence-corrected chi connectivity index (χ0v) is 11.8. The van der Waals surface area contributed by atoms with Gasteiger partial charge in [0.05, 0.1) is 0 Å². The fourth-order valence-corrected chi connectivity index (χ4v) is 2.17. The number of H-pyrrole nitrogens is 1. The molecule has 0 aliphatic carbocycles. The lowest BCUT2D eigenvalue weighted by atomic mass is 10.0. The maximum Gasteiger partial charge on any atom is 0.323 e. The van der Waals surface area contributed by atoms with E-state index in [1.54, 1.807) is 18.3 Å². The van der Waals surface area contributed by atoms with E-state index in [-0.39, 0.29) is 12.5 Å². The van der Waals surface area contributed by atoms with Crippen molar-refractivity contribution in [3.8, 4) is 0 Å². The number of benzene rings is 1. The molecule has 5 heteroatoms. The van der Waals surface area contributed by atoms with E-state index in [2.05, 4.69) is 4.98 Å². The molecule has 0 saturated carbocycles. The Balaban J connectivity index is 2.46. The highest BCUT2D eigenvalue weighted by molar-refractivity contribution is 6.07. The molecule has 0 aliphatic heterocycles. The first kappa shape index (κ1) is 14.1. The van der Waals surface area contributed by atoms with Gasteiger partial charge in [0.1, 0.15) is 6.54 Å². The lowest BCUT2D eigenvalue weighted by Crippen LogP contribution is -2.48. The van der Waals surface area contributed by atoms with Crippen LogP contribution < -0.4 is 0 Å². The fraction of sp³-hybridized carbons (Fsp3) is 0.333. The van der Waals surface area contributed by atoms with Gasteiger partial charge in [0.15, 0.2) is 0 Å². The SMILES string of the molecule is CC(C)(C)N(CC(=O)O)C(=O)c1cccc2[nH]ccc12. The van der Waals surface area contributed by atoms with Gasteiger partial charge in [0.2, 0.25) is 0 Å². The Morgan fingerprint density at radius 2 is 1.95 bits per heavy atom. The number of aliphatic carboxylic acids is 1. The molecule has 2 N–H and O–H groups in total. The number of aromatic nitrogens is 1. The van der Waals surface area contributed by atoms with Gasteiger partial charge in [0, 0.05) is 28.2 Å². The number of fused-ring (bicyclic) bond motifs is 1. The maximum atomic E-state index is 12.7. The van der Waals surface area contributed by atoms with E-state index in [0.29, 0.717) is 5.56 Å². The first-order valence-electron chi connectivity index (χ1n) is 6.40. The minimum absolute atomic E-state index is 0.273. The average Bonchev–Trinajstić information content (AvgIpc) is 2.81. The van der Waals surface area contributed by atoms with E-state index in [1.807, 2.05) is 32.9 Å². The molecule has 0 bridgehead atoms. The fourth-order valence-electron chi connectivity index (χ4n) is 2.17. The average molecular weight is 274 g/mol. The zero-order valence-electron chi connectivity index (χ0n) is 11.8. The molecule has 0 saturated heterocycles. The first-order chi connectivity index (χ1) is 9.30. The smallest absolute Gasteiger partial charge is 0.323 e. The quantitative estimate of drug-likeness (QED) is 0.903. The van der Waals surface area contributed by atoms with Crippen LogP contribution in [0.25, 0.3) is 10.9 Å². The predicted octanol–water partition coefficient (Wildman–Crippen LogP) is 2.49. The van der Waals surface area contributed by atoms with E-state index in [9.17, 15) is 9.59 Å². The van der Waals surface area contributed by atoms with Crippen molar-refractivity contribution in [1.82, 2.24) is 9.88 Å². The second kappa shape index (κ2) is 5.00. The molecule has 1 aromatic heterocycles. The molecule has 0 unspecified atom stereocenters. The summed E-state index contributed by atoms with van der Waals surface area (Å²) in [5, 5.41) is 9.82. The second-order valence-corrected chi connectivity index (χ2v) is 5.70. The molecule has 0 spiro atoms. The van der Waals surface area contributed by atoms with E-state index in [1.165, 1.54) is 4.90 Å². The third-order valence-electron chi connectivity index (χ3n) is 3.17. The van der Waals surface area contributed by atoms with Crippen LogP contribution in [0.1, 0.15) is 31.1 Å². The van der Waals surface area contributed by atoms with Crippen LogP contribution in [-0.2, 0) is 4.79 Å². The number of aromatic amines is 1. The summed E-state index contributed by atoms with van der Waals surface area (Å²) in [4.78, 5) is 28.1. The summed E-state index contributed by atoms with van der Waals surface area (Å²) in [7, 11) is 0. The Bertz CT molecular complexity index is 652. The minimum atomic E-state index is -1.02. The predicted molar refractivity (Wildman–Crippen MR) is 76.7 cm³/mol. The highest BCUT2D eigenvalue weighted by Crippen LogP contribution is 2.23. The summed E-state index contributed by atoms with van der Waals surface area (Å²) < 4.78 is 0. The molecule has 0 radical (unpaired) electrons. The summed E-state index contributed by atoms with van der Waals surface area (Å²) in [5.41, 5.74) is 0.813. The van der Waals surface area contributed by atoms with Crippen molar-refractivity contribution in [3.05, 3.63) is 36.0 Å². The van der Waals surface area contributed by atoms with Gasteiger partial charge in [0.25, 0.3) is 5.91 Å². The number of amides is 1. The van der Waals surface area contributed by atoms with Crippen molar-refractivity contribution in [3.63, 3.8) is 0 Å².